The molecule has 0 spiro atoms. The number of Topliss-reactive ketones (excluding diaryl/α,β-unsaturated/α-hetero) is 1. The quantitative estimate of drug-likeness (QED) is 0.0837. The van der Waals surface area contributed by atoms with Gasteiger partial charge in [0.15, 0.2) is 11.9 Å². The van der Waals surface area contributed by atoms with Gasteiger partial charge < -0.3 is 31.1 Å². The molecule has 3 unspecified atom stereocenters. The van der Waals surface area contributed by atoms with Crippen LogP contribution in [0.5, 0.6) is 0 Å². The van der Waals surface area contributed by atoms with Gasteiger partial charge in [0, 0.05) is 40.7 Å². The number of hydrogen-bond acceptors (Lipinski definition) is 14. The Kier molecular flexibility index (Phi) is 11.1. The van der Waals surface area contributed by atoms with Gasteiger partial charge >= 0.3 is 11.9 Å². The molecule has 3 aliphatic rings. The van der Waals surface area contributed by atoms with Crippen LogP contribution in [0.15, 0.2) is 46.6 Å². The number of amides is 2. The van der Waals surface area contributed by atoms with Crippen molar-refractivity contribution in [2.24, 2.45) is 11.7 Å². The second-order valence-corrected chi connectivity index (χ2v) is 14.0. The molecule has 2 amide bonds. The minimum atomic E-state index is -1.74. The van der Waals surface area contributed by atoms with E-state index in [-0.39, 0.29) is 16.8 Å². The number of aliphatic hydroxyl groups is 1. The Morgan fingerprint density at radius 3 is 2.52 bits per heavy atom. The summed E-state index contributed by atoms with van der Waals surface area (Å²) >= 11 is 4.21. The number of thioether (sulfide) groups is 1. The van der Waals surface area contributed by atoms with Gasteiger partial charge in [0.05, 0.1) is 12.0 Å². The maximum absolute atomic E-state index is 13.4. The van der Waals surface area contributed by atoms with Crippen LogP contribution in [0.2, 0.25) is 0 Å². The number of carbonyl (C=O) groups is 5. The zero-order chi connectivity index (χ0) is 32.3. The first-order valence-corrected chi connectivity index (χ1v) is 16.6. The van der Waals surface area contributed by atoms with E-state index in [1.807, 2.05) is 16.9 Å². The molecule has 0 saturated carbocycles. The van der Waals surface area contributed by atoms with Crippen molar-refractivity contribution in [2.75, 3.05) is 11.5 Å². The topological polar surface area (TPSA) is 181 Å². The van der Waals surface area contributed by atoms with Crippen molar-refractivity contribution in [3.05, 3.63) is 57.8 Å². The van der Waals surface area contributed by atoms with Gasteiger partial charge in [0.25, 0.3) is 11.8 Å². The Morgan fingerprint density at radius 2 is 1.89 bits per heavy atom. The first-order chi connectivity index (χ1) is 20.8. The molecule has 3 heterocycles. The van der Waals surface area contributed by atoms with Crippen molar-refractivity contribution in [1.82, 2.24) is 19.5 Å². The fraction of sp³-hybridized carbons (Fsp3) is 0.464. The molecule has 0 aliphatic carbocycles. The molecule has 13 nitrogen and oxygen atoms in total. The molecule has 3 aliphatic heterocycles. The maximum atomic E-state index is 13.4. The number of aliphatic hydroxyl groups excluding tert-OH is 1. The van der Waals surface area contributed by atoms with Crippen LogP contribution in [0, 0.1) is 5.92 Å². The Balaban J connectivity index is 1.51. The first-order valence-electron chi connectivity index (χ1n) is 13.8. The van der Waals surface area contributed by atoms with E-state index in [4.69, 9.17) is 15.2 Å². The third-order valence-corrected chi connectivity index (χ3v) is 10.1. The number of hydrazine groups is 1. The average Bonchev–Trinajstić information content (AvgIpc) is 3.41. The van der Waals surface area contributed by atoms with Gasteiger partial charge in [-0.2, -0.15) is 0 Å². The van der Waals surface area contributed by atoms with Crippen LogP contribution in [0.25, 0.3) is 0 Å². The summed E-state index contributed by atoms with van der Waals surface area (Å²) in [7, 11) is 0. The lowest BCUT2D eigenvalue weighted by Crippen LogP contribution is -2.71. The molecule has 0 bridgehead atoms. The number of carbonyl (C=O) groups excluding carboxylic acids is 5. The van der Waals surface area contributed by atoms with Gasteiger partial charge in [0.1, 0.15) is 17.1 Å². The van der Waals surface area contributed by atoms with Crippen LogP contribution in [0.3, 0.4) is 0 Å². The second-order valence-electron chi connectivity index (χ2n) is 10.6. The smallest absolute Gasteiger partial charge is 0.358 e. The van der Waals surface area contributed by atoms with Crippen LogP contribution >= 0.6 is 35.7 Å². The molecule has 0 aromatic heterocycles. The lowest BCUT2D eigenvalue weighted by molar-refractivity contribution is -0.186. The Hall–Kier alpha value is -3.02. The van der Waals surface area contributed by atoms with E-state index in [2.05, 4.69) is 10.7 Å². The van der Waals surface area contributed by atoms with Crippen molar-refractivity contribution < 1.29 is 38.6 Å². The Morgan fingerprint density at radius 1 is 1.18 bits per heavy atom. The summed E-state index contributed by atoms with van der Waals surface area (Å²) in [4.78, 5) is 66.9. The van der Waals surface area contributed by atoms with E-state index in [0.717, 1.165) is 4.91 Å². The lowest BCUT2D eigenvalue weighted by Gasteiger charge is -2.50. The molecule has 4 rings (SSSR count). The summed E-state index contributed by atoms with van der Waals surface area (Å²) < 4.78 is 12.4. The number of rotatable bonds is 12. The number of β-lactam (4-membered cyclic amide) rings is 1. The number of fused-ring (bicyclic) bond motifs is 1. The molecular formula is C28H35N5O8S3. The number of allylic oxidation sites excluding steroid dienone is 1. The van der Waals surface area contributed by atoms with Gasteiger partial charge in [-0.05, 0) is 43.3 Å². The van der Waals surface area contributed by atoms with Gasteiger partial charge in [-0.25, -0.2) is 4.79 Å². The number of nitrogens with two attached hydrogens (primary N) is 1. The normalized spacial score (nSPS) is 21.9. The van der Waals surface area contributed by atoms with Crippen molar-refractivity contribution >= 4 is 65.2 Å². The van der Waals surface area contributed by atoms with E-state index >= 15 is 0 Å². The third-order valence-electron chi connectivity index (χ3n) is 6.70. The summed E-state index contributed by atoms with van der Waals surface area (Å²) in [5.74, 6) is -3.02. The van der Waals surface area contributed by atoms with Crippen LogP contribution < -0.4 is 16.5 Å². The lowest BCUT2D eigenvalue weighted by atomic mass is 9.95. The van der Waals surface area contributed by atoms with E-state index in [0.29, 0.717) is 17.1 Å². The fourth-order valence-corrected chi connectivity index (χ4v) is 7.73. The highest BCUT2D eigenvalue weighted by molar-refractivity contribution is 8.14. The number of ketones is 1. The van der Waals surface area contributed by atoms with E-state index in [1.54, 1.807) is 26.0 Å². The number of nitrogens with zero attached hydrogens (tertiary/aromatic N) is 2. The molecule has 16 heteroatoms. The summed E-state index contributed by atoms with van der Waals surface area (Å²) in [6.45, 7) is 8.16. The number of esters is 2. The van der Waals surface area contributed by atoms with Crippen LogP contribution in [-0.2, 0) is 28.7 Å². The van der Waals surface area contributed by atoms with Crippen LogP contribution in [0.4, 0.5) is 0 Å². The number of nitrogens with one attached hydrogen (secondary N) is 2. The van der Waals surface area contributed by atoms with E-state index in [1.165, 1.54) is 66.5 Å². The highest BCUT2D eigenvalue weighted by Gasteiger charge is 2.55. The summed E-state index contributed by atoms with van der Waals surface area (Å²) in [5, 5.41) is 12.8. The Labute approximate surface area is 267 Å². The molecular weight excluding hydrogens is 631 g/mol. The standard InChI is InChI=1S/C28H35N5O8S3/c1-13(2)27(38)40-16(5)41-28(39)21-17(12-43-33-30-10-14(3)44-33)11-42-26-20(25(37)32(21)26)31-24(36)23(35)19-9-7-6-8-18(19)22(34)15(4)29/h6-10,13,15-16,20,23,26,30,35H,11-12,29H2,1-5H3,(H,31,36)/t15-,16?,20?,23?,26-/m0/s1. The van der Waals surface area contributed by atoms with E-state index in [9.17, 15) is 29.1 Å². The summed E-state index contributed by atoms with van der Waals surface area (Å²) in [5.41, 5.74) is 9.63. The average molecular weight is 666 g/mol. The molecule has 44 heavy (non-hydrogen) atoms. The Bertz CT molecular complexity index is 1400. The van der Waals surface area contributed by atoms with Crippen molar-refractivity contribution in [1.29, 1.82) is 0 Å². The van der Waals surface area contributed by atoms with Gasteiger partial charge in [-0.3, -0.25) is 24.1 Å². The summed E-state index contributed by atoms with van der Waals surface area (Å²) in [6.07, 6.45) is -1.10. The predicted molar refractivity (Wildman–Crippen MR) is 167 cm³/mol. The molecule has 1 aromatic carbocycles. The number of hydrogen-bond donors (Lipinski definition) is 4. The molecule has 1 saturated heterocycles. The minimum absolute atomic E-state index is 0.0199. The van der Waals surface area contributed by atoms with Gasteiger partial charge in [0.2, 0.25) is 6.29 Å². The highest BCUT2D eigenvalue weighted by atomic mass is 32.2. The van der Waals surface area contributed by atoms with Crippen LogP contribution in [0.1, 0.15) is 56.6 Å². The largest absolute Gasteiger partial charge is 0.425 e. The molecule has 238 valence electrons. The minimum Gasteiger partial charge on any atom is -0.425 e. The summed E-state index contributed by atoms with van der Waals surface area (Å²) in [6, 6.07) is 4.20. The second kappa shape index (κ2) is 14.4. The predicted octanol–water partition coefficient (Wildman–Crippen LogP) is 1.97. The zero-order valence-corrected chi connectivity index (χ0v) is 27.2. The zero-order valence-electron chi connectivity index (χ0n) is 24.8. The molecule has 1 fully saturated rings. The molecule has 5 atom stereocenters. The maximum Gasteiger partial charge on any atom is 0.358 e. The molecule has 5 N–H and O–H groups in total. The van der Waals surface area contributed by atoms with Crippen molar-refractivity contribution in [3.8, 4) is 0 Å². The monoisotopic (exact) mass is 665 g/mol. The van der Waals surface area contributed by atoms with Crippen molar-refractivity contribution in [2.45, 2.75) is 64.5 Å². The SMILES string of the molecule is CC1=CNN(SCC2=C(C(=O)OC(C)OC(=O)C(C)C)N3C(=O)C(NC(=O)C(O)c4ccccc4C(=O)[C@H](C)N)[C@@H]3SC2)S1. The highest BCUT2D eigenvalue weighted by Crippen LogP contribution is 2.42. The number of ether oxygens (including phenoxy) is 2. The molecule has 1 aromatic rings. The molecule has 0 radical (unpaired) electrons. The van der Waals surface area contributed by atoms with Crippen molar-refractivity contribution in [3.63, 3.8) is 0 Å². The van der Waals surface area contributed by atoms with Gasteiger partial charge in [-0.15, -0.1) is 15.6 Å². The van der Waals surface area contributed by atoms with Crippen LogP contribution in [-0.4, -0.2) is 78.6 Å². The first kappa shape index (κ1) is 33.9. The van der Waals surface area contributed by atoms with E-state index < -0.39 is 65.3 Å². The van der Waals surface area contributed by atoms with Gasteiger partial charge in [-0.1, -0.05) is 38.1 Å². The number of benzene rings is 1. The fourth-order valence-electron chi connectivity index (χ4n) is 4.42. The third kappa shape index (κ3) is 7.43.